The number of amides is 1. The van der Waals surface area contributed by atoms with Crippen LogP contribution in [0.15, 0.2) is 12.3 Å². The van der Waals surface area contributed by atoms with Crippen LogP contribution in [0.4, 0.5) is 0 Å². The summed E-state index contributed by atoms with van der Waals surface area (Å²) in [4.78, 5) is 13.7. The van der Waals surface area contributed by atoms with Crippen molar-refractivity contribution in [2.24, 2.45) is 0 Å². The van der Waals surface area contributed by atoms with Crippen LogP contribution in [0.25, 0.3) is 0 Å². The van der Waals surface area contributed by atoms with Crippen LogP contribution < -0.4 is 3.53 Å². The van der Waals surface area contributed by atoms with Crippen molar-refractivity contribution in [2.45, 2.75) is 12.8 Å². The average Bonchev–Trinajstić information content (AvgIpc) is 2.59. The molecule has 9 heteroatoms. The number of piperazine rings is 1. The van der Waals surface area contributed by atoms with Crippen LogP contribution in [-0.2, 0) is 19.0 Å². The molecule has 24 heavy (non-hydrogen) atoms. The highest BCUT2D eigenvalue weighted by atomic mass is 127. The first-order valence-corrected chi connectivity index (χ1v) is 9.20. The van der Waals surface area contributed by atoms with Crippen LogP contribution in [0.2, 0.25) is 0 Å². The van der Waals surface area contributed by atoms with Crippen molar-refractivity contribution in [3.8, 4) is 0 Å². The van der Waals surface area contributed by atoms with E-state index in [9.17, 15) is 10.0 Å². The normalized spacial score (nSPS) is 15.5. The molecule has 0 aromatic heterocycles. The fraction of sp³-hybridized carbons (Fsp3) is 0.800. The smallest absolute Gasteiger partial charge is 0.224 e. The van der Waals surface area contributed by atoms with E-state index >= 15 is 0 Å². The van der Waals surface area contributed by atoms with E-state index in [2.05, 4.69) is 10.1 Å². The standard InChI is InChI=1S/C15H28IN3O5/c1-14(17-16)2-8-22-10-12-24-13-11-23-9-3-15(20)18-4-6-19(21)7-5-18/h17,21H,1-13H2. The lowest BCUT2D eigenvalue weighted by atomic mass is 10.3. The quantitative estimate of drug-likeness (QED) is 0.241. The van der Waals surface area contributed by atoms with Crippen molar-refractivity contribution >= 4 is 28.8 Å². The maximum absolute atomic E-state index is 11.9. The Balaban J connectivity index is 1.83. The van der Waals surface area contributed by atoms with E-state index in [4.69, 9.17) is 14.2 Å². The Morgan fingerprint density at radius 1 is 0.958 bits per heavy atom. The van der Waals surface area contributed by atoms with Crippen molar-refractivity contribution in [3.63, 3.8) is 0 Å². The predicted octanol–water partition coefficient (Wildman–Crippen LogP) is 0.803. The van der Waals surface area contributed by atoms with Crippen LogP contribution >= 0.6 is 22.9 Å². The van der Waals surface area contributed by atoms with E-state index < -0.39 is 0 Å². The molecular weight excluding hydrogens is 429 g/mol. The maximum atomic E-state index is 11.9. The van der Waals surface area contributed by atoms with Crippen molar-refractivity contribution < 1.29 is 24.2 Å². The number of hydroxylamine groups is 2. The third kappa shape index (κ3) is 10.4. The molecule has 1 saturated heterocycles. The second-order valence-electron chi connectivity index (χ2n) is 5.37. The molecule has 0 unspecified atom stereocenters. The summed E-state index contributed by atoms with van der Waals surface area (Å²) in [5, 5.41) is 10.5. The van der Waals surface area contributed by atoms with Crippen LogP contribution in [0.5, 0.6) is 0 Å². The van der Waals surface area contributed by atoms with E-state index in [-0.39, 0.29) is 5.91 Å². The number of halogens is 1. The highest BCUT2D eigenvalue weighted by molar-refractivity contribution is 14.1. The Kier molecular flexibility index (Phi) is 12.4. The first kappa shape index (κ1) is 21.6. The topological polar surface area (TPSA) is 83.5 Å². The Bertz CT molecular complexity index is 365. The zero-order valence-corrected chi connectivity index (χ0v) is 16.2. The molecule has 8 nitrogen and oxygen atoms in total. The van der Waals surface area contributed by atoms with Gasteiger partial charge in [-0.1, -0.05) is 6.58 Å². The number of carbonyl (C=O) groups excluding carboxylic acids is 1. The Morgan fingerprint density at radius 2 is 1.46 bits per heavy atom. The molecule has 0 spiro atoms. The van der Waals surface area contributed by atoms with Crippen molar-refractivity contribution in [1.82, 2.24) is 13.5 Å². The summed E-state index contributed by atoms with van der Waals surface area (Å²) in [6.07, 6.45) is 1.15. The van der Waals surface area contributed by atoms with Gasteiger partial charge in [0, 0.05) is 38.3 Å². The van der Waals surface area contributed by atoms with Gasteiger partial charge >= 0.3 is 0 Å². The van der Waals surface area contributed by atoms with Gasteiger partial charge in [-0.3, -0.25) is 4.79 Å². The average molecular weight is 457 g/mol. The van der Waals surface area contributed by atoms with E-state index in [1.807, 2.05) is 22.9 Å². The molecule has 2 N–H and O–H groups in total. The van der Waals surface area contributed by atoms with E-state index in [0.717, 1.165) is 12.1 Å². The molecule has 1 rings (SSSR count). The minimum Gasteiger partial charge on any atom is -0.379 e. The molecule has 1 fully saturated rings. The highest BCUT2D eigenvalue weighted by Crippen LogP contribution is 2.02. The summed E-state index contributed by atoms with van der Waals surface area (Å²) in [7, 11) is 0. The summed E-state index contributed by atoms with van der Waals surface area (Å²) >= 11 is 2.04. The predicted molar refractivity (Wildman–Crippen MR) is 97.9 cm³/mol. The lowest BCUT2D eigenvalue weighted by molar-refractivity contribution is -0.146. The van der Waals surface area contributed by atoms with Gasteiger partial charge in [-0.05, 0) is 0 Å². The molecule has 0 aromatic rings. The van der Waals surface area contributed by atoms with Crippen molar-refractivity contribution in [3.05, 3.63) is 12.3 Å². The molecule has 1 aliphatic heterocycles. The summed E-state index contributed by atoms with van der Waals surface area (Å²) in [5.74, 6) is 0.0694. The second kappa shape index (κ2) is 13.8. The Hall–Kier alpha value is -0.460. The molecule has 0 saturated carbocycles. The third-order valence-corrected chi connectivity index (χ3v) is 4.26. The summed E-state index contributed by atoms with van der Waals surface area (Å²) in [5.41, 5.74) is 0.942. The first-order valence-electron chi connectivity index (χ1n) is 8.12. The fourth-order valence-electron chi connectivity index (χ4n) is 2.05. The van der Waals surface area contributed by atoms with Crippen molar-refractivity contribution in [2.75, 3.05) is 65.8 Å². The Morgan fingerprint density at radius 3 is 2.00 bits per heavy atom. The van der Waals surface area contributed by atoms with Gasteiger partial charge in [-0.25, -0.2) is 0 Å². The van der Waals surface area contributed by atoms with Gasteiger partial charge in [0.2, 0.25) is 5.91 Å². The van der Waals surface area contributed by atoms with E-state index in [0.29, 0.717) is 72.2 Å². The molecular formula is C15H28IN3O5. The molecule has 1 amide bonds. The van der Waals surface area contributed by atoms with Crippen LogP contribution in [-0.4, -0.2) is 86.9 Å². The van der Waals surface area contributed by atoms with Gasteiger partial charge in [0.05, 0.1) is 68.9 Å². The van der Waals surface area contributed by atoms with Crippen LogP contribution in [0.3, 0.4) is 0 Å². The van der Waals surface area contributed by atoms with Crippen LogP contribution in [0.1, 0.15) is 12.8 Å². The molecule has 0 radical (unpaired) electrons. The summed E-state index contributed by atoms with van der Waals surface area (Å²) in [6.45, 7) is 9.00. The Labute approximate surface area is 157 Å². The summed E-state index contributed by atoms with van der Waals surface area (Å²) < 4.78 is 19.1. The number of ether oxygens (including phenoxy) is 3. The van der Waals surface area contributed by atoms with Gasteiger partial charge in [-0.2, -0.15) is 5.06 Å². The minimum atomic E-state index is 0.0694. The molecule has 0 bridgehead atoms. The lowest BCUT2D eigenvalue weighted by Gasteiger charge is -2.31. The number of rotatable bonds is 13. The molecule has 1 heterocycles. The number of nitrogens with zero attached hydrogens (tertiary/aromatic N) is 2. The monoisotopic (exact) mass is 457 g/mol. The fourth-order valence-corrected chi connectivity index (χ4v) is 2.32. The van der Waals surface area contributed by atoms with Gasteiger partial charge in [-0.15, -0.1) is 0 Å². The molecule has 0 aromatic carbocycles. The number of hydrogen-bond acceptors (Lipinski definition) is 7. The van der Waals surface area contributed by atoms with E-state index in [1.165, 1.54) is 5.06 Å². The molecule has 0 atom stereocenters. The van der Waals surface area contributed by atoms with E-state index in [1.54, 1.807) is 4.90 Å². The van der Waals surface area contributed by atoms with Crippen molar-refractivity contribution in [1.29, 1.82) is 0 Å². The molecule has 0 aliphatic carbocycles. The maximum Gasteiger partial charge on any atom is 0.224 e. The van der Waals surface area contributed by atoms with Gasteiger partial charge < -0.3 is 27.8 Å². The second-order valence-corrected chi connectivity index (χ2v) is 5.91. The zero-order chi connectivity index (χ0) is 17.6. The van der Waals surface area contributed by atoms with Gasteiger partial charge in [0.15, 0.2) is 0 Å². The first-order chi connectivity index (χ1) is 11.6. The lowest BCUT2D eigenvalue weighted by Crippen LogP contribution is -2.47. The highest BCUT2D eigenvalue weighted by Gasteiger charge is 2.19. The molecule has 140 valence electrons. The minimum absolute atomic E-state index is 0.0694. The largest absolute Gasteiger partial charge is 0.379 e. The summed E-state index contributed by atoms with van der Waals surface area (Å²) in [6, 6.07) is 0. The van der Waals surface area contributed by atoms with Gasteiger partial charge in [0.25, 0.3) is 0 Å². The number of hydrogen-bond donors (Lipinski definition) is 2. The number of carbonyl (C=O) groups is 1. The zero-order valence-electron chi connectivity index (χ0n) is 14.0. The molecule has 1 aliphatic rings. The third-order valence-electron chi connectivity index (χ3n) is 3.49. The SMILES string of the molecule is C=C(CCOCCOCCOCCC(=O)N1CCN(O)CC1)NI. The van der Waals surface area contributed by atoms with Gasteiger partial charge in [0.1, 0.15) is 0 Å². The number of nitrogens with one attached hydrogen (secondary N) is 1. The van der Waals surface area contributed by atoms with Crippen LogP contribution in [0, 0.1) is 0 Å².